The lowest BCUT2D eigenvalue weighted by Gasteiger charge is -2.06. The van der Waals surface area contributed by atoms with E-state index in [1.807, 2.05) is 24.4 Å². The molecule has 2 amide bonds. The Labute approximate surface area is 178 Å². The molecule has 0 atom stereocenters. The average Bonchev–Trinajstić information content (AvgIpc) is 3.13. The van der Waals surface area contributed by atoms with E-state index in [9.17, 15) is 14.7 Å². The molecule has 30 heavy (non-hydrogen) atoms. The number of rotatable bonds is 8. The van der Waals surface area contributed by atoms with Crippen molar-refractivity contribution in [3.8, 4) is 11.5 Å². The molecule has 0 aliphatic heterocycles. The van der Waals surface area contributed by atoms with Crippen molar-refractivity contribution in [2.45, 2.75) is 6.42 Å². The number of carbonyl (C=O) groups excluding carboxylic acids is 2. The van der Waals surface area contributed by atoms with Gasteiger partial charge in [-0.3, -0.25) is 9.59 Å². The fraction of sp³-hybridized carbons (Fsp3) is 0.182. The van der Waals surface area contributed by atoms with Gasteiger partial charge in [0.15, 0.2) is 11.5 Å². The summed E-state index contributed by atoms with van der Waals surface area (Å²) in [7, 11) is 1.45. The van der Waals surface area contributed by atoms with E-state index < -0.39 is 5.91 Å². The Morgan fingerprint density at radius 2 is 2.03 bits per heavy atom. The number of carbonyl (C=O) groups is 2. The number of aromatic amines is 1. The number of hydrogen-bond acceptors (Lipinski definition) is 4. The zero-order valence-electron chi connectivity index (χ0n) is 16.4. The highest BCUT2D eigenvalue weighted by atomic mass is 35.5. The maximum Gasteiger partial charge on any atom is 0.244 e. The van der Waals surface area contributed by atoms with Crippen molar-refractivity contribution in [2.24, 2.45) is 0 Å². The first-order valence-corrected chi connectivity index (χ1v) is 9.69. The fourth-order valence-electron chi connectivity index (χ4n) is 2.95. The summed E-state index contributed by atoms with van der Waals surface area (Å²) in [5.41, 5.74) is 2.73. The van der Waals surface area contributed by atoms with Crippen molar-refractivity contribution < 1.29 is 19.4 Å². The summed E-state index contributed by atoms with van der Waals surface area (Å²) in [5.74, 6) is -0.342. The van der Waals surface area contributed by atoms with Crippen LogP contribution in [0.25, 0.3) is 17.0 Å². The Morgan fingerprint density at radius 1 is 1.20 bits per heavy atom. The number of ether oxygens (including phenoxy) is 1. The number of aromatic hydroxyl groups is 1. The van der Waals surface area contributed by atoms with Gasteiger partial charge in [-0.2, -0.15) is 0 Å². The summed E-state index contributed by atoms with van der Waals surface area (Å²) in [6.07, 6.45) is 5.42. The highest BCUT2D eigenvalue weighted by Crippen LogP contribution is 2.26. The van der Waals surface area contributed by atoms with E-state index in [2.05, 4.69) is 15.6 Å². The maximum atomic E-state index is 12.0. The van der Waals surface area contributed by atoms with Gasteiger partial charge in [0.05, 0.1) is 13.7 Å². The zero-order valence-corrected chi connectivity index (χ0v) is 17.1. The third-order valence-corrected chi connectivity index (χ3v) is 4.74. The lowest BCUT2D eigenvalue weighted by atomic mass is 10.1. The molecule has 4 N–H and O–H groups in total. The Morgan fingerprint density at radius 3 is 2.83 bits per heavy atom. The topological polar surface area (TPSA) is 103 Å². The van der Waals surface area contributed by atoms with Crippen LogP contribution in [0.4, 0.5) is 0 Å². The lowest BCUT2D eigenvalue weighted by molar-refractivity contribution is -0.123. The number of H-pyrrole nitrogens is 1. The first-order valence-electron chi connectivity index (χ1n) is 9.31. The summed E-state index contributed by atoms with van der Waals surface area (Å²) in [5, 5.41) is 16.6. The van der Waals surface area contributed by atoms with Crippen LogP contribution in [0, 0.1) is 0 Å². The number of nitrogens with one attached hydrogen (secondary N) is 3. The second-order valence-corrected chi connectivity index (χ2v) is 7.02. The Kier molecular flexibility index (Phi) is 6.98. The number of benzene rings is 2. The van der Waals surface area contributed by atoms with E-state index >= 15 is 0 Å². The summed E-state index contributed by atoms with van der Waals surface area (Å²) < 4.78 is 5.02. The van der Waals surface area contributed by atoms with Crippen LogP contribution in [-0.4, -0.2) is 42.1 Å². The Hall–Kier alpha value is -3.45. The van der Waals surface area contributed by atoms with E-state index in [0.29, 0.717) is 29.3 Å². The number of aromatic nitrogens is 1. The number of amides is 2. The van der Waals surface area contributed by atoms with Crippen LogP contribution in [-0.2, 0) is 16.0 Å². The van der Waals surface area contributed by atoms with Gasteiger partial charge < -0.3 is 25.5 Å². The van der Waals surface area contributed by atoms with Gasteiger partial charge in [-0.1, -0.05) is 17.7 Å². The fourth-order valence-corrected chi connectivity index (χ4v) is 3.12. The molecule has 156 valence electrons. The van der Waals surface area contributed by atoms with Crippen LogP contribution in [0.2, 0.25) is 5.02 Å². The second kappa shape index (κ2) is 9.84. The van der Waals surface area contributed by atoms with Crippen molar-refractivity contribution in [3.05, 3.63) is 64.8 Å². The van der Waals surface area contributed by atoms with Crippen LogP contribution in [0.15, 0.2) is 48.7 Å². The predicted molar refractivity (Wildman–Crippen MR) is 117 cm³/mol. The molecule has 1 heterocycles. The number of fused-ring (bicyclic) bond motifs is 1. The number of halogens is 1. The minimum Gasteiger partial charge on any atom is -0.504 e. The molecule has 7 nitrogen and oxygen atoms in total. The number of hydrogen-bond donors (Lipinski definition) is 4. The normalized spacial score (nSPS) is 11.0. The van der Waals surface area contributed by atoms with Gasteiger partial charge in [0, 0.05) is 34.7 Å². The highest BCUT2D eigenvalue weighted by Gasteiger charge is 2.07. The van der Waals surface area contributed by atoms with E-state index in [-0.39, 0.29) is 18.2 Å². The first-order chi connectivity index (χ1) is 14.5. The van der Waals surface area contributed by atoms with E-state index in [1.165, 1.54) is 19.3 Å². The minimum absolute atomic E-state index is 0.0199. The van der Waals surface area contributed by atoms with Crippen molar-refractivity contribution in [1.29, 1.82) is 0 Å². The largest absolute Gasteiger partial charge is 0.504 e. The smallest absolute Gasteiger partial charge is 0.244 e. The van der Waals surface area contributed by atoms with Crippen LogP contribution in [0.5, 0.6) is 11.5 Å². The maximum absolute atomic E-state index is 12.0. The van der Waals surface area contributed by atoms with Gasteiger partial charge in [0.2, 0.25) is 11.8 Å². The minimum atomic E-state index is -0.400. The molecule has 0 spiro atoms. The van der Waals surface area contributed by atoms with E-state index in [1.54, 1.807) is 18.2 Å². The van der Waals surface area contributed by atoms with Gasteiger partial charge in [-0.05, 0) is 54.0 Å². The average molecular weight is 428 g/mol. The van der Waals surface area contributed by atoms with Crippen molar-refractivity contribution in [2.75, 3.05) is 20.2 Å². The van der Waals surface area contributed by atoms with Gasteiger partial charge >= 0.3 is 0 Å². The number of methoxy groups -OCH3 is 1. The first kappa shape index (κ1) is 21.3. The molecular formula is C22H22ClN3O4. The molecule has 1 aromatic heterocycles. The summed E-state index contributed by atoms with van der Waals surface area (Å²) >= 11 is 6.04. The summed E-state index contributed by atoms with van der Waals surface area (Å²) in [6.45, 7) is 0.319. The number of phenols is 1. The Bertz CT molecular complexity index is 1090. The zero-order chi connectivity index (χ0) is 21.5. The molecular weight excluding hydrogens is 406 g/mol. The molecule has 8 heteroatoms. The Balaban J connectivity index is 1.43. The van der Waals surface area contributed by atoms with Gasteiger partial charge in [0.25, 0.3) is 0 Å². The molecule has 0 saturated heterocycles. The monoisotopic (exact) mass is 427 g/mol. The number of phenolic OH excluding ortho intramolecular Hbond substituents is 1. The van der Waals surface area contributed by atoms with Gasteiger partial charge in [0.1, 0.15) is 0 Å². The van der Waals surface area contributed by atoms with Gasteiger partial charge in [-0.15, -0.1) is 0 Å². The van der Waals surface area contributed by atoms with E-state index in [0.717, 1.165) is 16.5 Å². The molecule has 2 aromatic carbocycles. The van der Waals surface area contributed by atoms with Crippen LogP contribution in [0.1, 0.15) is 11.1 Å². The van der Waals surface area contributed by atoms with Crippen LogP contribution < -0.4 is 15.4 Å². The van der Waals surface area contributed by atoms with Crippen LogP contribution in [0.3, 0.4) is 0 Å². The molecule has 0 aliphatic carbocycles. The van der Waals surface area contributed by atoms with Crippen molar-refractivity contribution in [3.63, 3.8) is 0 Å². The molecule has 0 bridgehead atoms. The molecule has 0 saturated carbocycles. The molecule has 3 aromatic rings. The van der Waals surface area contributed by atoms with Crippen molar-refractivity contribution in [1.82, 2.24) is 15.6 Å². The predicted octanol–water partition coefficient (Wildman–Crippen LogP) is 3.02. The SMILES string of the molecule is COc1cc(/C=C/C(=O)NCC(=O)NCCc2c[nH]c3ccc(Cl)cc23)ccc1O. The lowest BCUT2D eigenvalue weighted by Crippen LogP contribution is -2.37. The molecule has 0 unspecified atom stereocenters. The van der Waals surface area contributed by atoms with Gasteiger partial charge in [-0.25, -0.2) is 0 Å². The molecule has 0 fully saturated rings. The standard InChI is InChI=1S/C22H22ClN3O4/c1-30-20-10-14(2-6-19(20)27)3-7-21(28)26-13-22(29)24-9-8-15-12-25-18-5-4-16(23)11-17(15)18/h2-7,10-12,25,27H,8-9,13H2,1H3,(H,24,29)(H,26,28)/b7-3+. The molecule has 3 rings (SSSR count). The second-order valence-electron chi connectivity index (χ2n) is 6.59. The molecule has 0 aliphatic rings. The van der Waals surface area contributed by atoms with E-state index in [4.69, 9.17) is 16.3 Å². The summed E-state index contributed by atoms with van der Waals surface area (Å²) in [6, 6.07) is 10.3. The van der Waals surface area contributed by atoms with Crippen LogP contribution >= 0.6 is 11.6 Å². The molecule has 0 radical (unpaired) electrons. The highest BCUT2D eigenvalue weighted by molar-refractivity contribution is 6.31. The third kappa shape index (κ3) is 5.55. The quantitative estimate of drug-likeness (QED) is 0.415. The third-order valence-electron chi connectivity index (χ3n) is 4.50. The summed E-state index contributed by atoms with van der Waals surface area (Å²) in [4.78, 5) is 27.0. The van der Waals surface area contributed by atoms with Crippen molar-refractivity contribution >= 4 is 40.4 Å².